The van der Waals surface area contributed by atoms with Crippen LogP contribution >= 0.6 is 0 Å². The molecule has 1 aromatic rings. The Hall–Kier alpha value is -1.55. The Morgan fingerprint density at radius 2 is 2.18 bits per heavy atom. The average Bonchev–Trinajstić information content (AvgIpc) is 2.38. The highest BCUT2D eigenvalue weighted by Crippen LogP contribution is 2.20. The molecule has 2 unspecified atom stereocenters. The first kappa shape index (κ1) is 11.9. The molecule has 0 aliphatic carbocycles. The predicted molar refractivity (Wildman–Crippen MR) is 65.6 cm³/mol. The van der Waals surface area contributed by atoms with Gasteiger partial charge in [0.2, 0.25) is 5.91 Å². The van der Waals surface area contributed by atoms with Crippen LogP contribution in [0.2, 0.25) is 0 Å². The van der Waals surface area contributed by atoms with E-state index in [1.54, 1.807) is 0 Å². The van der Waals surface area contributed by atoms with Gasteiger partial charge in [0, 0.05) is 18.4 Å². The Morgan fingerprint density at radius 1 is 1.41 bits per heavy atom. The van der Waals surface area contributed by atoms with Crippen LogP contribution in [0.5, 0.6) is 5.75 Å². The molecule has 0 saturated carbocycles. The van der Waals surface area contributed by atoms with Gasteiger partial charge in [-0.2, -0.15) is 0 Å². The van der Waals surface area contributed by atoms with Gasteiger partial charge in [-0.25, -0.2) is 0 Å². The number of hydrogen-bond acceptors (Lipinski definition) is 3. The van der Waals surface area contributed by atoms with Crippen molar-refractivity contribution in [3.05, 3.63) is 30.3 Å². The third-order valence-corrected chi connectivity index (χ3v) is 3.18. The lowest BCUT2D eigenvalue weighted by Crippen LogP contribution is -2.45. The summed E-state index contributed by atoms with van der Waals surface area (Å²) in [5.41, 5.74) is 5.40. The van der Waals surface area contributed by atoms with Gasteiger partial charge >= 0.3 is 0 Å². The number of nitrogens with one attached hydrogen (secondary N) is 1. The monoisotopic (exact) mass is 234 g/mol. The van der Waals surface area contributed by atoms with Crippen molar-refractivity contribution in [3.63, 3.8) is 0 Å². The molecule has 0 bridgehead atoms. The van der Waals surface area contributed by atoms with E-state index >= 15 is 0 Å². The molecule has 1 fully saturated rings. The molecule has 1 aliphatic rings. The van der Waals surface area contributed by atoms with Gasteiger partial charge < -0.3 is 15.8 Å². The van der Waals surface area contributed by atoms with Gasteiger partial charge in [0.05, 0.1) is 6.61 Å². The zero-order chi connectivity index (χ0) is 12.1. The highest BCUT2D eigenvalue weighted by Gasteiger charge is 2.29. The first-order valence-electron chi connectivity index (χ1n) is 5.95. The summed E-state index contributed by atoms with van der Waals surface area (Å²) in [5.74, 6) is 0.718. The highest BCUT2D eigenvalue weighted by atomic mass is 16.5. The van der Waals surface area contributed by atoms with E-state index in [0.29, 0.717) is 6.61 Å². The smallest absolute Gasteiger partial charge is 0.221 e. The molecular weight excluding hydrogens is 216 g/mol. The minimum atomic E-state index is -0.215. The number of benzene rings is 1. The number of para-hydroxylation sites is 1. The van der Waals surface area contributed by atoms with Crippen LogP contribution < -0.4 is 15.8 Å². The number of carbonyl (C=O) groups excluding carboxylic acids is 1. The molecule has 0 spiro atoms. The first-order valence-corrected chi connectivity index (χ1v) is 5.95. The van der Waals surface area contributed by atoms with E-state index in [-0.39, 0.29) is 17.7 Å². The third kappa shape index (κ3) is 3.20. The van der Waals surface area contributed by atoms with E-state index in [1.165, 1.54) is 0 Å². The maximum atomic E-state index is 11.3. The average molecular weight is 234 g/mol. The van der Waals surface area contributed by atoms with Crippen LogP contribution in [0, 0.1) is 11.8 Å². The van der Waals surface area contributed by atoms with Crippen molar-refractivity contribution in [2.45, 2.75) is 6.42 Å². The van der Waals surface area contributed by atoms with Crippen molar-refractivity contribution < 1.29 is 9.53 Å². The highest BCUT2D eigenvalue weighted by molar-refractivity contribution is 5.77. The second-order valence-corrected chi connectivity index (χ2v) is 4.39. The topological polar surface area (TPSA) is 64.4 Å². The van der Waals surface area contributed by atoms with Crippen molar-refractivity contribution >= 4 is 5.91 Å². The molecule has 4 heteroatoms. The molecule has 2 atom stereocenters. The van der Waals surface area contributed by atoms with Gasteiger partial charge in [-0.1, -0.05) is 18.2 Å². The normalized spacial score (nSPS) is 24.2. The van der Waals surface area contributed by atoms with Gasteiger partial charge in [0.25, 0.3) is 0 Å². The Bertz CT molecular complexity index is 367. The number of ether oxygens (including phenoxy) is 1. The number of hydrogen-bond donors (Lipinski definition) is 2. The lowest BCUT2D eigenvalue weighted by molar-refractivity contribution is -0.124. The summed E-state index contributed by atoms with van der Waals surface area (Å²) in [6.07, 6.45) is 0.804. The fraction of sp³-hybridized carbons (Fsp3) is 0.462. The van der Waals surface area contributed by atoms with Gasteiger partial charge in [-0.3, -0.25) is 4.79 Å². The molecule has 0 radical (unpaired) electrons. The first-order chi connectivity index (χ1) is 8.27. The Kier molecular flexibility index (Phi) is 3.98. The molecule has 1 amide bonds. The van der Waals surface area contributed by atoms with Crippen LogP contribution in [-0.2, 0) is 4.79 Å². The van der Waals surface area contributed by atoms with E-state index in [2.05, 4.69) is 5.32 Å². The summed E-state index contributed by atoms with van der Waals surface area (Å²) < 4.78 is 5.68. The molecule has 1 heterocycles. The van der Waals surface area contributed by atoms with Crippen LogP contribution in [0.1, 0.15) is 6.42 Å². The largest absolute Gasteiger partial charge is 0.493 e. The standard InChI is InChI=1S/C13H18N2O2/c14-13(16)12-6-7-15-8-10(12)9-17-11-4-2-1-3-5-11/h1-5,10,12,15H,6-9H2,(H2,14,16). The lowest BCUT2D eigenvalue weighted by Gasteiger charge is -2.29. The quantitative estimate of drug-likeness (QED) is 0.809. The maximum absolute atomic E-state index is 11.3. The van der Waals surface area contributed by atoms with E-state index in [0.717, 1.165) is 25.3 Å². The molecule has 4 nitrogen and oxygen atoms in total. The van der Waals surface area contributed by atoms with Gasteiger partial charge in [0.15, 0.2) is 0 Å². The molecule has 2 rings (SSSR count). The summed E-state index contributed by atoms with van der Waals surface area (Å²) in [7, 11) is 0. The van der Waals surface area contributed by atoms with Gasteiger partial charge in [-0.15, -0.1) is 0 Å². The van der Waals surface area contributed by atoms with Gasteiger partial charge in [0.1, 0.15) is 5.75 Å². The third-order valence-electron chi connectivity index (χ3n) is 3.18. The van der Waals surface area contributed by atoms with Crippen molar-refractivity contribution in [3.8, 4) is 5.75 Å². The molecule has 1 aromatic carbocycles. The van der Waals surface area contributed by atoms with Crippen molar-refractivity contribution in [1.82, 2.24) is 5.32 Å². The number of rotatable bonds is 4. The molecule has 0 aromatic heterocycles. The zero-order valence-electron chi connectivity index (χ0n) is 9.76. The fourth-order valence-corrected chi connectivity index (χ4v) is 2.19. The van der Waals surface area contributed by atoms with E-state index in [1.807, 2.05) is 30.3 Å². The minimum Gasteiger partial charge on any atom is -0.493 e. The molecule has 92 valence electrons. The lowest BCUT2D eigenvalue weighted by atomic mass is 9.86. The summed E-state index contributed by atoms with van der Waals surface area (Å²) in [6, 6.07) is 9.63. The number of nitrogens with two attached hydrogens (primary N) is 1. The van der Waals surface area contributed by atoms with Crippen LogP contribution in [0.15, 0.2) is 30.3 Å². The Labute approximate surface area is 101 Å². The van der Waals surface area contributed by atoms with E-state index in [9.17, 15) is 4.79 Å². The summed E-state index contributed by atoms with van der Waals surface area (Å²) in [5, 5.41) is 3.27. The van der Waals surface area contributed by atoms with Gasteiger partial charge in [-0.05, 0) is 25.1 Å². The number of piperidine rings is 1. The summed E-state index contributed by atoms with van der Waals surface area (Å²) >= 11 is 0. The Balaban J connectivity index is 1.90. The van der Waals surface area contributed by atoms with Crippen molar-refractivity contribution in [2.24, 2.45) is 17.6 Å². The number of carbonyl (C=O) groups is 1. The second-order valence-electron chi connectivity index (χ2n) is 4.39. The number of amides is 1. The molecule has 1 saturated heterocycles. The molecule has 3 N–H and O–H groups in total. The predicted octanol–water partition coefficient (Wildman–Crippen LogP) is 0.776. The van der Waals surface area contributed by atoms with E-state index in [4.69, 9.17) is 10.5 Å². The van der Waals surface area contributed by atoms with Crippen LogP contribution in [0.4, 0.5) is 0 Å². The zero-order valence-corrected chi connectivity index (χ0v) is 9.76. The second kappa shape index (κ2) is 5.68. The fourth-order valence-electron chi connectivity index (χ4n) is 2.19. The number of primary amides is 1. The Morgan fingerprint density at radius 3 is 2.88 bits per heavy atom. The molecule has 1 aliphatic heterocycles. The SMILES string of the molecule is NC(=O)C1CCNCC1COc1ccccc1. The van der Waals surface area contributed by atoms with Crippen LogP contribution in [-0.4, -0.2) is 25.6 Å². The van der Waals surface area contributed by atoms with Crippen LogP contribution in [0.25, 0.3) is 0 Å². The van der Waals surface area contributed by atoms with Crippen molar-refractivity contribution in [1.29, 1.82) is 0 Å². The van der Waals surface area contributed by atoms with Crippen molar-refractivity contribution in [2.75, 3.05) is 19.7 Å². The molecule has 17 heavy (non-hydrogen) atoms. The summed E-state index contributed by atoms with van der Waals surface area (Å²) in [6.45, 7) is 2.18. The van der Waals surface area contributed by atoms with E-state index < -0.39 is 0 Å². The molecular formula is C13H18N2O2. The maximum Gasteiger partial charge on any atom is 0.221 e. The van der Waals surface area contributed by atoms with Crippen LogP contribution in [0.3, 0.4) is 0 Å². The minimum absolute atomic E-state index is 0.0695. The summed E-state index contributed by atoms with van der Waals surface area (Å²) in [4.78, 5) is 11.3.